The van der Waals surface area contributed by atoms with Gasteiger partial charge < -0.3 is 15.0 Å². The molecule has 30 heavy (non-hydrogen) atoms. The molecule has 0 radical (unpaired) electrons. The third kappa shape index (κ3) is 3.54. The molecule has 5 rings (SSSR count). The highest BCUT2D eigenvalue weighted by atomic mass is 35.5. The summed E-state index contributed by atoms with van der Waals surface area (Å²) in [6, 6.07) is 6.45. The summed E-state index contributed by atoms with van der Waals surface area (Å²) in [5.74, 6) is -0.690. The lowest BCUT2D eigenvalue weighted by Crippen LogP contribution is -2.49. The number of amides is 2. The summed E-state index contributed by atoms with van der Waals surface area (Å²) in [5, 5.41) is 2.85. The molecule has 158 valence electrons. The smallest absolute Gasteiger partial charge is 0.257 e. The lowest BCUT2D eigenvalue weighted by molar-refractivity contribution is 0.0349. The number of ether oxygens (including phenoxy) is 1. The molecule has 2 atom stereocenters. The Labute approximate surface area is 180 Å². The van der Waals surface area contributed by atoms with Crippen molar-refractivity contribution in [2.24, 2.45) is 0 Å². The topological polar surface area (TPSA) is 58.6 Å². The number of carbonyl (C=O) groups excluding carboxylic acids is 2. The Hall–Kier alpha value is -2.60. The van der Waals surface area contributed by atoms with Crippen molar-refractivity contribution in [1.82, 2.24) is 10.2 Å². The molecule has 2 amide bonds. The summed E-state index contributed by atoms with van der Waals surface area (Å²) in [5.41, 5.74) is 2.77. The molecule has 1 fully saturated rings. The van der Waals surface area contributed by atoms with Crippen LogP contribution < -0.4 is 10.1 Å². The van der Waals surface area contributed by atoms with Crippen LogP contribution in [0.3, 0.4) is 0 Å². The zero-order valence-corrected chi connectivity index (χ0v) is 18.0. The van der Waals surface area contributed by atoms with E-state index >= 15 is 0 Å². The fourth-order valence-corrected chi connectivity index (χ4v) is 4.57. The summed E-state index contributed by atoms with van der Waals surface area (Å²) < 4.78 is 20.6. The van der Waals surface area contributed by atoms with Gasteiger partial charge in [-0.15, -0.1) is 0 Å². The molecule has 0 unspecified atom stereocenters. The van der Waals surface area contributed by atoms with Crippen molar-refractivity contribution in [3.05, 3.63) is 62.9 Å². The molecule has 0 aliphatic carbocycles. The molecule has 1 N–H and O–H groups in total. The van der Waals surface area contributed by atoms with Gasteiger partial charge in [-0.25, -0.2) is 4.39 Å². The average Bonchev–Trinajstić information content (AvgIpc) is 2.71. The first-order valence-electron chi connectivity index (χ1n) is 10.1. The third-order valence-corrected chi connectivity index (χ3v) is 6.53. The van der Waals surface area contributed by atoms with Gasteiger partial charge in [-0.1, -0.05) is 17.7 Å². The molecule has 7 heteroatoms. The van der Waals surface area contributed by atoms with Crippen molar-refractivity contribution in [2.45, 2.75) is 45.3 Å². The predicted molar refractivity (Wildman–Crippen MR) is 113 cm³/mol. The van der Waals surface area contributed by atoms with Crippen LogP contribution in [0.1, 0.15) is 57.2 Å². The summed E-state index contributed by atoms with van der Waals surface area (Å²) >= 11 is 6.64. The second-order valence-corrected chi connectivity index (χ2v) is 8.41. The van der Waals surface area contributed by atoms with Gasteiger partial charge in [0.05, 0.1) is 16.1 Å². The van der Waals surface area contributed by atoms with E-state index in [2.05, 4.69) is 5.32 Å². The third-order valence-electron chi connectivity index (χ3n) is 6.08. The number of piperidine rings is 1. The van der Waals surface area contributed by atoms with Crippen molar-refractivity contribution in [3.8, 4) is 5.75 Å². The van der Waals surface area contributed by atoms with Gasteiger partial charge in [-0.05, 0) is 55.2 Å². The first kappa shape index (κ1) is 20.7. The molecule has 0 saturated carbocycles. The molecule has 2 bridgehead atoms. The van der Waals surface area contributed by atoms with Crippen LogP contribution >= 0.6 is 11.6 Å². The van der Waals surface area contributed by atoms with Gasteiger partial charge in [0, 0.05) is 32.5 Å². The Morgan fingerprint density at radius 3 is 2.80 bits per heavy atom. The standard InChI is InChI=1S/C23H24ClFN2O3/c1-12-8-16-6-7-27(12)23(29)18-11-15(13(2)20(24)21(18)30-16)9-14-4-5-17(19(25)10-14)22(28)26-3/h4-5,10-12,16H,6-9H2,1-3H3,(H,26,28)/t12-,16+/m0/s1. The Morgan fingerprint density at radius 1 is 1.37 bits per heavy atom. The lowest BCUT2D eigenvalue weighted by Gasteiger charge is -2.41. The monoisotopic (exact) mass is 430 g/mol. The fourth-order valence-electron chi connectivity index (χ4n) is 4.30. The van der Waals surface area contributed by atoms with E-state index in [-0.39, 0.29) is 23.6 Å². The number of fused-ring (bicyclic) bond motifs is 2. The van der Waals surface area contributed by atoms with E-state index in [0.717, 1.165) is 24.0 Å². The molecular formula is C23H24ClFN2O3. The first-order valence-corrected chi connectivity index (χ1v) is 10.5. The quantitative estimate of drug-likeness (QED) is 0.796. The molecule has 5 nitrogen and oxygen atoms in total. The van der Waals surface area contributed by atoms with Crippen molar-refractivity contribution >= 4 is 23.4 Å². The number of halogens is 2. The predicted octanol–water partition coefficient (Wildman–Crippen LogP) is 4.12. The Morgan fingerprint density at radius 2 is 2.13 bits per heavy atom. The van der Waals surface area contributed by atoms with Crippen LogP contribution in [0.2, 0.25) is 5.02 Å². The summed E-state index contributed by atoms with van der Waals surface area (Å²) in [6.07, 6.45) is 2.01. The van der Waals surface area contributed by atoms with Gasteiger partial charge in [-0.3, -0.25) is 9.59 Å². The molecular weight excluding hydrogens is 407 g/mol. The van der Waals surface area contributed by atoms with Crippen LogP contribution in [0, 0.1) is 12.7 Å². The molecule has 0 spiro atoms. The molecule has 3 aliphatic heterocycles. The number of hydrogen-bond acceptors (Lipinski definition) is 3. The average molecular weight is 431 g/mol. The van der Waals surface area contributed by atoms with Gasteiger partial charge in [0.25, 0.3) is 11.8 Å². The number of rotatable bonds is 3. The van der Waals surface area contributed by atoms with Crippen molar-refractivity contribution in [1.29, 1.82) is 0 Å². The van der Waals surface area contributed by atoms with Crippen molar-refractivity contribution in [3.63, 3.8) is 0 Å². The summed E-state index contributed by atoms with van der Waals surface area (Å²) in [6.45, 7) is 4.57. The molecule has 3 aliphatic rings. The van der Waals surface area contributed by atoms with Crippen molar-refractivity contribution in [2.75, 3.05) is 13.6 Å². The lowest BCUT2D eigenvalue weighted by atomic mass is 9.93. The van der Waals surface area contributed by atoms with Crippen LogP contribution in [-0.4, -0.2) is 42.5 Å². The Balaban J connectivity index is 1.73. The normalized spacial score (nSPS) is 20.3. The highest BCUT2D eigenvalue weighted by Gasteiger charge is 2.36. The van der Waals surface area contributed by atoms with Gasteiger partial charge in [-0.2, -0.15) is 0 Å². The molecule has 0 aromatic heterocycles. The van der Waals surface area contributed by atoms with Crippen molar-refractivity contribution < 1.29 is 18.7 Å². The first-order chi connectivity index (χ1) is 14.3. The number of hydrogen-bond donors (Lipinski definition) is 1. The van der Waals surface area contributed by atoms with Crippen LogP contribution in [0.15, 0.2) is 24.3 Å². The maximum absolute atomic E-state index is 14.4. The van der Waals surface area contributed by atoms with E-state index < -0.39 is 11.7 Å². The van der Waals surface area contributed by atoms with Crippen LogP contribution in [0.4, 0.5) is 4.39 Å². The number of benzene rings is 2. The number of carbonyl (C=O) groups is 2. The molecule has 3 heterocycles. The summed E-state index contributed by atoms with van der Waals surface area (Å²) in [4.78, 5) is 26.8. The Kier molecular flexibility index (Phi) is 5.45. The minimum absolute atomic E-state index is 0.00410. The zero-order chi connectivity index (χ0) is 21.6. The van der Waals surface area contributed by atoms with Crippen LogP contribution in [-0.2, 0) is 6.42 Å². The minimum Gasteiger partial charge on any atom is -0.488 e. The van der Waals surface area contributed by atoms with Gasteiger partial charge in [0.15, 0.2) is 5.75 Å². The van der Waals surface area contributed by atoms with E-state index in [1.165, 1.54) is 19.2 Å². The second-order valence-electron chi connectivity index (χ2n) is 8.03. The minimum atomic E-state index is -0.585. The zero-order valence-electron chi connectivity index (χ0n) is 17.2. The number of nitrogens with zero attached hydrogens (tertiary/aromatic N) is 1. The maximum atomic E-state index is 14.4. The van der Waals surface area contributed by atoms with E-state index in [9.17, 15) is 14.0 Å². The number of nitrogens with one attached hydrogen (secondary N) is 1. The Bertz CT molecular complexity index is 1040. The van der Waals surface area contributed by atoms with Gasteiger partial charge >= 0.3 is 0 Å². The molecule has 2 aromatic rings. The largest absolute Gasteiger partial charge is 0.488 e. The summed E-state index contributed by atoms with van der Waals surface area (Å²) in [7, 11) is 1.46. The maximum Gasteiger partial charge on any atom is 0.257 e. The highest BCUT2D eigenvalue weighted by molar-refractivity contribution is 6.33. The van der Waals surface area contributed by atoms with E-state index in [0.29, 0.717) is 34.9 Å². The van der Waals surface area contributed by atoms with E-state index in [1.807, 2.05) is 24.8 Å². The fraction of sp³-hybridized carbons (Fsp3) is 0.391. The molecule has 2 aromatic carbocycles. The van der Waals surface area contributed by atoms with Gasteiger partial charge in [0.1, 0.15) is 11.9 Å². The van der Waals surface area contributed by atoms with Gasteiger partial charge in [0.2, 0.25) is 0 Å². The van der Waals surface area contributed by atoms with E-state index in [1.54, 1.807) is 6.07 Å². The SMILES string of the molecule is CNC(=O)c1ccc(Cc2cc3c(c(Cl)c2C)O[C@@H]2CCN(C3=O)[C@@H](C)C2)cc1F. The van der Waals surface area contributed by atoms with E-state index in [4.69, 9.17) is 16.3 Å². The van der Waals surface area contributed by atoms with Crippen LogP contribution in [0.25, 0.3) is 0 Å². The van der Waals surface area contributed by atoms with Crippen LogP contribution in [0.5, 0.6) is 5.75 Å². The highest BCUT2D eigenvalue weighted by Crippen LogP contribution is 2.40. The molecule has 1 saturated heterocycles. The second kappa shape index (κ2) is 7.91.